The van der Waals surface area contributed by atoms with E-state index in [1.54, 1.807) is 12.1 Å². The van der Waals surface area contributed by atoms with E-state index < -0.39 is 18.6 Å². The molecular formula is C12H13F3N2O2. The van der Waals surface area contributed by atoms with Gasteiger partial charge in [0.05, 0.1) is 11.3 Å². The second-order valence-corrected chi connectivity index (χ2v) is 4.23. The maximum absolute atomic E-state index is 12.3. The van der Waals surface area contributed by atoms with Crippen molar-refractivity contribution in [2.75, 3.05) is 32.1 Å². The third-order valence-corrected chi connectivity index (χ3v) is 2.67. The van der Waals surface area contributed by atoms with Crippen LogP contribution in [0.15, 0.2) is 18.2 Å². The van der Waals surface area contributed by atoms with Gasteiger partial charge >= 0.3 is 6.18 Å². The van der Waals surface area contributed by atoms with Crippen molar-refractivity contribution in [2.45, 2.75) is 6.18 Å². The van der Waals surface area contributed by atoms with E-state index in [1.807, 2.05) is 0 Å². The number of fused-ring (bicyclic) bond motifs is 1. The van der Waals surface area contributed by atoms with Crippen LogP contribution in [0.3, 0.4) is 0 Å². The fraction of sp³-hybridized carbons (Fsp3) is 0.417. The van der Waals surface area contributed by atoms with Crippen LogP contribution in [0.2, 0.25) is 0 Å². The molecule has 0 bridgehead atoms. The summed E-state index contributed by atoms with van der Waals surface area (Å²) in [7, 11) is 1.12. The summed E-state index contributed by atoms with van der Waals surface area (Å²) in [5.41, 5.74) is 0.758. The summed E-state index contributed by atoms with van der Waals surface area (Å²) in [6.07, 6.45) is -4.42. The molecule has 0 unspecified atom stereocenters. The van der Waals surface area contributed by atoms with Crippen molar-refractivity contribution in [3.8, 4) is 5.75 Å². The molecule has 4 nitrogen and oxygen atoms in total. The number of amides is 1. The number of ether oxygens (including phenoxy) is 1. The lowest BCUT2D eigenvalue weighted by molar-refractivity contribution is -0.138. The van der Waals surface area contributed by atoms with Crippen LogP contribution in [0.4, 0.5) is 18.9 Å². The molecular weight excluding hydrogens is 261 g/mol. The van der Waals surface area contributed by atoms with Crippen molar-refractivity contribution in [1.29, 1.82) is 0 Å². The molecule has 19 heavy (non-hydrogen) atoms. The SMILES string of the molecule is CN(CC(F)(F)F)C(=O)c1cccc2c1OCCN2. The van der Waals surface area contributed by atoms with Gasteiger partial charge in [0.15, 0.2) is 5.75 Å². The van der Waals surface area contributed by atoms with Crippen molar-refractivity contribution in [1.82, 2.24) is 4.90 Å². The van der Waals surface area contributed by atoms with Gasteiger partial charge in [0.2, 0.25) is 0 Å². The minimum absolute atomic E-state index is 0.136. The van der Waals surface area contributed by atoms with Gasteiger partial charge in [-0.2, -0.15) is 13.2 Å². The summed E-state index contributed by atoms with van der Waals surface area (Å²) >= 11 is 0. The van der Waals surface area contributed by atoms with Gasteiger partial charge < -0.3 is 15.0 Å². The van der Waals surface area contributed by atoms with Crippen molar-refractivity contribution in [2.24, 2.45) is 0 Å². The van der Waals surface area contributed by atoms with Gasteiger partial charge in [-0.3, -0.25) is 4.79 Å². The third-order valence-electron chi connectivity index (χ3n) is 2.67. The van der Waals surface area contributed by atoms with Crippen LogP contribution in [-0.2, 0) is 0 Å². The molecule has 1 heterocycles. The van der Waals surface area contributed by atoms with Crippen molar-refractivity contribution >= 4 is 11.6 Å². The Bertz CT molecular complexity index is 488. The highest BCUT2D eigenvalue weighted by atomic mass is 19.4. The van der Waals surface area contributed by atoms with Gasteiger partial charge in [-0.15, -0.1) is 0 Å². The molecule has 1 aliphatic rings. The molecule has 0 spiro atoms. The number of nitrogens with zero attached hydrogens (tertiary/aromatic N) is 1. The van der Waals surface area contributed by atoms with Gasteiger partial charge in [0, 0.05) is 13.6 Å². The lowest BCUT2D eigenvalue weighted by Crippen LogP contribution is -2.36. The number of para-hydroxylation sites is 1. The van der Waals surface area contributed by atoms with Crippen molar-refractivity contribution in [3.05, 3.63) is 23.8 Å². The van der Waals surface area contributed by atoms with E-state index in [0.29, 0.717) is 29.5 Å². The first-order chi connectivity index (χ1) is 8.88. The number of nitrogens with one attached hydrogen (secondary N) is 1. The van der Waals surface area contributed by atoms with E-state index in [0.717, 1.165) is 7.05 Å². The van der Waals surface area contributed by atoms with E-state index in [1.165, 1.54) is 6.07 Å². The minimum atomic E-state index is -4.42. The maximum Gasteiger partial charge on any atom is 0.406 e. The average Bonchev–Trinajstić information content (AvgIpc) is 2.35. The molecule has 7 heteroatoms. The van der Waals surface area contributed by atoms with Crippen LogP contribution < -0.4 is 10.1 Å². The standard InChI is InChI=1S/C12H13F3N2O2/c1-17(7-12(13,14)15)11(18)8-3-2-4-9-10(8)19-6-5-16-9/h2-4,16H,5-7H2,1H3. The summed E-state index contributed by atoms with van der Waals surface area (Å²) in [6, 6.07) is 4.78. The normalized spacial score (nSPS) is 14.1. The zero-order valence-electron chi connectivity index (χ0n) is 10.3. The quantitative estimate of drug-likeness (QED) is 0.898. The second kappa shape index (κ2) is 4.99. The smallest absolute Gasteiger partial charge is 0.406 e. The summed E-state index contributed by atoms with van der Waals surface area (Å²) in [6.45, 7) is -0.313. The van der Waals surface area contributed by atoms with E-state index in [4.69, 9.17) is 4.74 Å². The maximum atomic E-state index is 12.3. The summed E-state index contributed by atoms with van der Waals surface area (Å²) in [5, 5.41) is 3.03. The number of anilines is 1. The summed E-state index contributed by atoms with van der Waals surface area (Å²) in [5.74, 6) is -0.398. The fourth-order valence-electron chi connectivity index (χ4n) is 1.89. The van der Waals surface area contributed by atoms with Gasteiger partial charge in [0.1, 0.15) is 13.2 Å². The molecule has 0 saturated heterocycles. The fourth-order valence-corrected chi connectivity index (χ4v) is 1.89. The van der Waals surface area contributed by atoms with E-state index in [-0.39, 0.29) is 5.56 Å². The Labute approximate surface area is 108 Å². The Kier molecular flexibility index (Phi) is 3.55. The third kappa shape index (κ3) is 3.10. The molecule has 0 radical (unpaired) electrons. The Morgan fingerprint density at radius 1 is 1.47 bits per heavy atom. The van der Waals surface area contributed by atoms with Crippen molar-refractivity contribution < 1.29 is 22.7 Å². The van der Waals surface area contributed by atoms with E-state index >= 15 is 0 Å². The zero-order valence-corrected chi connectivity index (χ0v) is 10.3. The first-order valence-corrected chi connectivity index (χ1v) is 5.70. The molecule has 0 aliphatic carbocycles. The highest BCUT2D eigenvalue weighted by Crippen LogP contribution is 2.32. The number of rotatable bonds is 2. The lowest BCUT2D eigenvalue weighted by atomic mass is 10.1. The van der Waals surface area contributed by atoms with E-state index in [2.05, 4.69) is 5.32 Å². The van der Waals surface area contributed by atoms with Crippen LogP contribution >= 0.6 is 0 Å². The monoisotopic (exact) mass is 274 g/mol. The Morgan fingerprint density at radius 2 is 2.21 bits per heavy atom. The molecule has 2 rings (SSSR count). The largest absolute Gasteiger partial charge is 0.489 e. The second-order valence-electron chi connectivity index (χ2n) is 4.23. The van der Waals surface area contributed by atoms with E-state index in [9.17, 15) is 18.0 Å². The first kappa shape index (κ1) is 13.5. The number of hydrogen-bond donors (Lipinski definition) is 1. The lowest BCUT2D eigenvalue weighted by Gasteiger charge is -2.24. The van der Waals surface area contributed by atoms with Gasteiger partial charge in [0.25, 0.3) is 5.91 Å². The van der Waals surface area contributed by atoms with Crippen LogP contribution in [0.25, 0.3) is 0 Å². The average molecular weight is 274 g/mol. The topological polar surface area (TPSA) is 41.6 Å². The molecule has 0 saturated carbocycles. The number of alkyl halides is 3. The van der Waals surface area contributed by atoms with Gasteiger partial charge in [-0.05, 0) is 12.1 Å². The summed E-state index contributed by atoms with van der Waals surface area (Å²) in [4.78, 5) is 12.6. The predicted octanol–water partition coefficient (Wildman–Crippen LogP) is 2.13. The molecule has 0 aromatic heterocycles. The molecule has 0 atom stereocenters. The molecule has 104 valence electrons. The molecule has 1 N–H and O–H groups in total. The number of benzene rings is 1. The number of carbonyl (C=O) groups is 1. The molecule has 1 aliphatic heterocycles. The molecule has 1 aromatic rings. The van der Waals surface area contributed by atoms with Gasteiger partial charge in [-0.25, -0.2) is 0 Å². The first-order valence-electron chi connectivity index (χ1n) is 5.70. The van der Waals surface area contributed by atoms with Crippen LogP contribution in [0, 0.1) is 0 Å². The number of carbonyl (C=O) groups excluding carboxylic acids is 1. The molecule has 1 amide bonds. The highest BCUT2D eigenvalue weighted by Gasteiger charge is 2.32. The zero-order chi connectivity index (χ0) is 14.0. The highest BCUT2D eigenvalue weighted by molar-refractivity contribution is 5.98. The Morgan fingerprint density at radius 3 is 2.89 bits per heavy atom. The Balaban J connectivity index is 2.24. The van der Waals surface area contributed by atoms with Crippen LogP contribution in [0.1, 0.15) is 10.4 Å². The Hall–Kier alpha value is -1.92. The number of hydrogen-bond acceptors (Lipinski definition) is 3. The molecule has 0 fully saturated rings. The number of halogens is 3. The van der Waals surface area contributed by atoms with Crippen LogP contribution in [-0.4, -0.2) is 43.7 Å². The van der Waals surface area contributed by atoms with Crippen LogP contribution in [0.5, 0.6) is 5.75 Å². The minimum Gasteiger partial charge on any atom is -0.489 e. The van der Waals surface area contributed by atoms with Crippen molar-refractivity contribution in [3.63, 3.8) is 0 Å². The molecule has 1 aromatic carbocycles. The predicted molar refractivity (Wildman–Crippen MR) is 63.4 cm³/mol. The summed E-state index contributed by atoms with van der Waals surface area (Å²) < 4.78 is 42.2. The van der Waals surface area contributed by atoms with Gasteiger partial charge in [-0.1, -0.05) is 6.07 Å².